The van der Waals surface area contributed by atoms with Crippen LogP contribution in [0.25, 0.3) is 0 Å². The summed E-state index contributed by atoms with van der Waals surface area (Å²) in [5.74, 6) is 0.295. The number of sulfonamides is 1. The standard InChI is InChI=1S/C11H9Br2N3O2S/c1-7-2-8(12)5-15-11(7)16-19(17,18)10-3-9(13)4-14-6-10/h2-6H,1H3,(H,15,16). The zero-order valence-corrected chi connectivity index (χ0v) is 13.8. The summed E-state index contributed by atoms with van der Waals surface area (Å²) in [6.07, 6.45) is 4.33. The van der Waals surface area contributed by atoms with Crippen LogP contribution in [0.15, 0.2) is 44.6 Å². The summed E-state index contributed by atoms with van der Waals surface area (Å²) in [7, 11) is -3.69. The smallest absolute Gasteiger partial charge is 0.263 e. The molecule has 0 aliphatic rings. The predicted octanol–water partition coefficient (Wildman–Crippen LogP) is 3.11. The maximum Gasteiger partial charge on any atom is 0.264 e. The first kappa shape index (κ1) is 14.4. The molecule has 2 rings (SSSR count). The van der Waals surface area contributed by atoms with Crippen LogP contribution in [0.1, 0.15) is 5.56 Å². The van der Waals surface area contributed by atoms with Crippen molar-refractivity contribution in [1.29, 1.82) is 0 Å². The Morgan fingerprint density at radius 2 is 1.79 bits per heavy atom. The lowest BCUT2D eigenvalue weighted by Crippen LogP contribution is -2.15. The molecule has 0 radical (unpaired) electrons. The molecule has 2 aromatic rings. The number of hydrogen-bond acceptors (Lipinski definition) is 4. The first-order valence-corrected chi connectivity index (χ1v) is 8.21. The van der Waals surface area contributed by atoms with Crippen molar-refractivity contribution in [2.75, 3.05) is 4.72 Å². The van der Waals surface area contributed by atoms with Gasteiger partial charge in [0, 0.05) is 27.5 Å². The van der Waals surface area contributed by atoms with Crippen LogP contribution in [0.4, 0.5) is 5.82 Å². The summed E-state index contributed by atoms with van der Waals surface area (Å²) < 4.78 is 28.2. The van der Waals surface area contributed by atoms with Crippen molar-refractivity contribution in [1.82, 2.24) is 9.97 Å². The van der Waals surface area contributed by atoms with Crippen LogP contribution in [-0.2, 0) is 10.0 Å². The molecule has 0 amide bonds. The molecule has 2 aromatic heterocycles. The quantitative estimate of drug-likeness (QED) is 0.849. The topological polar surface area (TPSA) is 72.0 Å². The van der Waals surface area contributed by atoms with Gasteiger partial charge in [0.25, 0.3) is 10.0 Å². The third kappa shape index (κ3) is 3.52. The van der Waals surface area contributed by atoms with Gasteiger partial charge >= 0.3 is 0 Å². The zero-order chi connectivity index (χ0) is 14.0. The Labute approximate surface area is 127 Å². The Hall–Kier alpha value is -0.990. The maximum atomic E-state index is 12.2. The summed E-state index contributed by atoms with van der Waals surface area (Å²) in [4.78, 5) is 7.95. The molecule has 19 heavy (non-hydrogen) atoms. The van der Waals surface area contributed by atoms with Gasteiger partial charge < -0.3 is 0 Å². The summed E-state index contributed by atoms with van der Waals surface area (Å²) in [6, 6.07) is 3.26. The van der Waals surface area contributed by atoms with E-state index in [0.717, 1.165) is 10.0 Å². The zero-order valence-electron chi connectivity index (χ0n) is 9.76. The van der Waals surface area contributed by atoms with Crippen molar-refractivity contribution >= 4 is 47.7 Å². The van der Waals surface area contributed by atoms with Gasteiger partial charge in [-0.1, -0.05) is 0 Å². The van der Waals surface area contributed by atoms with Crippen LogP contribution < -0.4 is 4.72 Å². The minimum Gasteiger partial charge on any atom is -0.263 e. The first-order chi connectivity index (χ1) is 8.88. The van der Waals surface area contributed by atoms with Gasteiger partial charge in [0.05, 0.1) is 0 Å². The van der Waals surface area contributed by atoms with Crippen molar-refractivity contribution in [3.63, 3.8) is 0 Å². The number of aryl methyl sites for hydroxylation is 1. The van der Waals surface area contributed by atoms with E-state index in [2.05, 4.69) is 46.5 Å². The fraction of sp³-hybridized carbons (Fsp3) is 0.0909. The number of nitrogens with one attached hydrogen (secondary N) is 1. The highest BCUT2D eigenvalue weighted by Gasteiger charge is 2.16. The van der Waals surface area contributed by atoms with Crippen LogP contribution >= 0.6 is 31.9 Å². The molecule has 2 heterocycles. The molecule has 0 atom stereocenters. The van der Waals surface area contributed by atoms with E-state index in [1.54, 1.807) is 13.0 Å². The van der Waals surface area contributed by atoms with E-state index in [4.69, 9.17) is 0 Å². The average Bonchev–Trinajstić information content (AvgIpc) is 2.33. The Kier molecular flexibility index (Phi) is 4.22. The van der Waals surface area contributed by atoms with Crippen molar-refractivity contribution in [3.8, 4) is 0 Å². The van der Waals surface area contributed by atoms with Gasteiger partial charge in [-0.25, -0.2) is 13.4 Å². The van der Waals surface area contributed by atoms with Gasteiger partial charge in [0.1, 0.15) is 10.7 Å². The number of hydrogen-bond donors (Lipinski definition) is 1. The molecule has 0 spiro atoms. The summed E-state index contributed by atoms with van der Waals surface area (Å²) in [5.41, 5.74) is 0.723. The number of halogens is 2. The van der Waals surface area contributed by atoms with Crippen LogP contribution in [0.5, 0.6) is 0 Å². The third-order valence-electron chi connectivity index (χ3n) is 2.27. The Bertz CT molecular complexity index is 720. The highest BCUT2D eigenvalue weighted by atomic mass is 79.9. The molecule has 0 saturated carbocycles. The van der Waals surface area contributed by atoms with Gasteiger partial charge in [-0.3, -0.25) is 9.71 Å². The van der Waals surface area contributed by atoms with Crippen LogP contribution in [0.3, 0.4) is 0 Å². The summed E-state index contributed by atoms with van der Waals surface area (Å²) in [5, 5.41) is 0. The fourth-order valence-electron chi connectivity index (χ4n) is 1.37. The number of pyridine rings is 2. The monoisotopic (exact) mass is 405 g/mol. The van der Waals surface area contributed by atoms with Crippen molar-refractivity contribution < 1.29 is 8.42 Å². The Balaban J connectivity index is 2.36. The molecule has 0 aliphatic heterocycles. The van der Waals surface area contributed by atoms with Crippen LogP contribution in [-0.4, -0.2) is 18.4 Å². The van der Waals surface area contributed by atoms with Crippen molar-refractivity contribution in [2.24, 2.45) is 0 Å². The lowest BCUT2D eigenvalue weighted by atomic mass is 10.3. The maximum absolute atomic E-state index is 12.2. The SMILES string of the molecule is Cc1cc(Br)cnc1NS(=O)(=O)c1cncc(Br)c1. The molecule has 0 fully saturated rings. The molecule has 100 valence electrons. The molecule has 0 saturated heterocycles. The molecular weight excluding hydrogens is 398 g/mol. The van der Waals surface area contributed by atoms with Gasteiger partial charge in [-0.15, -0.1) is 0 Å². The molecule has 8 heteroatoms. The van der Waals surface area contributed by atoms with Gasteiger partial charge in [-0.05, 0) is 56.5 Å². The van der Waals surface area contributed by atoms with Gasteiger partial charge in [-0.2, -0.15) is 0 Å². The van der Waals surface area contributed by atoms with E-state index >= 15 is 0 Å². The molecule has 0 unspecified atom stereocenters. The van der Waals surface area contributed by atoms with Crippen molar-refractivity contribution in [2.45, 2.75) is 11.8 Å². The number of rotatable bonds is 3. The van der Waals surface area contributed by atoms with E-state index in [-0.39, 0.29) is 4.90 Å². The molecule has 5 nitrogen and oxygen atoms in total. The van der Waals surface area contributed by atoms with E-state index in [9.17, 15) is 8.42 Å². The van der Waals surface area contributed by atoms with E-state index in [0.29, 0.717) is 10.3 Å². The van der Waals surface area contributed by atoms with Gasteiger partial charge in [0.15, 0.2) is 0 Å². The average molecular weight is 407 g/mol. The highest BCUT2D eigenvalue weighted by molar-refractivity contribution is 9.10. The molecule has 0 aliphatic carbocycles. The second kappa shape index (κ2) is 5.56. The van der Waals surface area contributed by atoms with E-state index < -0.39 is 10.0 Å². The fourth-order valence-corrected chi connectivity index (χ4v) is 3.40. The lowest BCUT2D eigenvalue weighted by molar-refractivity contribution is 0.600. The summed E-state index contributed by atoms with van der Waals surface area (Å²) in [6.45, 7) is 1.77. The third-order valence-corrected chi connectivity index (χ3v) is 4.44. The highest BCUT2D eigenvalue weighted by Crippen LogP contribution is 2.21. The van der Waals surface area contributed by atoms with E-state index in [1.807, 2.05) is 0 Å². The number of anilines is 1. The number of aromatic nitrogens is 2. The minimum atomic E-state index is -3.69. The Morgan fingerprint density at radius 3 is 2.42 bits per heavy atom. The molecule has 0 bridgehead atoms. The normalized spacial score (nSPS) is 11.3. The molecule has 0 aromatic carbocycles. The van der Waals surface area contributed by atoms with Gasteiger partial charge in [0.2, 0.25) is 0 Å². The minimum absolute atomic E-state index is 0.0750. The number of nitrogens with zero attached hydrogens (tertiary/aromatic N) is 2. The molecular formula is C11H9Br2N3O2S. The predicted molar refractivity (Wildman–Crippen MR) is 79.4 cm³/mol. The van der Waals surface area contributed by atoms with Crippen LogP contribution in [0.2, 0.25) is 0 Å². The summed E-state index contributed by atoms with van der Waals surface area (Å²) >= 11 is 6.46. The largest absolute Gasteiger partial charge is 0.264 e. The molecule has 1 N–H and O–H groups in total. The van der Waals surface area contributed by atoms with Crippen LogP contribution in [0, 0.1) is 6.92 Å². The van der Waals surface area contributed by atoms with Crippen molar-refractivity contribution in [3.05, 3.63) is 45.2 Å². The first-order valence-electron chi connectivity index (χ1n) is 5.14. The second-order valence-corrected chi connectivity index (χ2v) is 7.28. The van der Waals surface area contributed by atoms with E-state index in [1.165, 1.54) is 24.7 Å². The Morgan fingerprint density at radius 1 is 1.11 bits per heavy atom. The lowest BCUT2D eigenvalue weighted by Gasteiger charge is -2.09. The second-order valence-electron chi connectivity index (χ2n) is 3.76.